The van der Waals surface area contributed by atoms with Gasteiger partial charge in [-0.15, -0.1) is 23.5 Å². The number of thioether (sulfide) groups is 2. The van der Waals surface area contributed by atoms with Crippen LogP contribution in [0.1, 0.15) is 66.7 Å². The molecule has 0 spiro atoms. The zero-order chi connectivity index (χ0) is 25.1. The molecule has 2 rings (SSSR count). The zero-order valence-corrected chi connectivity index (χ0v) is 22.9. The third-order valence-electron chi connectivity index (χ3n) is 5.21. The van der Waals surface area contributed by atoms with Crippen molar-refractivity contribution in [3.63, 3.8) is 0 Å². The lowest BCUT2D eigenvalue weighted by atomic mass is 10.0. The first-order valence-electron chi connectivity index (χ1n) is 11.9. The summed E-state index contributed by atoms with van der Waals surface area (Å²) < 4.78 is 12.1. The van der Waals surface area contributed by atoms with Gasteiger partial charge < -0.3 is 9.47 Å². The molecule has 34 heavy (non-hydrogen) atoms. The van der Waals surface area contributed by atoms with Crippen LogP contribution in [-0.4, -0.2) is 46.1 Å². The van der Waals surface area contributed by atoms with Gasteiger partial charge in [0.25, 0.3) is 0 Å². The maximum Gasteiger partial charge on any atom is 0.435 e. The number of aromatic nitrogens is 2. The molecule has 0 amide bonds. The van der Waals surface area contributed by atoms with Crippen molar-refractivity contribution >= 4 is 35.6 Å². The molecule has 8 heteroatoms. The van der Waals surface area contributed by atoms with E-state index in [0.717, 1.165) is 33.8 Å². The van der Waals surface area contributed by atoms with E-state index in [2.05, 4.69) is 37.1 Å². The van der Waals surface area contributed by atoms with E-state index in [9.17, 15) is 9.59 Å². The topological polar surface area (TPSA) is 70.4 Å². The molecule has 1 atom stereocenters. The fourth-order valence-electron chi connectivity index (χ4n) is 3.25. The molecule has 0 aliphatic carbocycles. The van der Waals surface area contributed by atoms with E-state index in [0.29, 0.717) is 24.7 Å². The average molecular weight is 507 g/mol. The summed E-state index contributed by atoms with van der Waals surface area (Å²) in [7, 11) is 0. The van der Waals surface area contributed by atoms with Crippen LogP contribution < -0.4 is 0 Å². The Bertz CT molecular complexity index is 937. The van der Waals surface area contributed by atoms with Gasteiger partial charge in [-0.1, -0.05) is 33.1 Å². The van der Waals surface area contributed by atoms with Crippen LogP contribution in [0.4, 0.5) is 4.79 Å². The molecule has 0 N–H and O–H groups in total. The van der Waals surface area contributed by atoms with Gasteiger partial charge in [-0.2, -0.15) is 9.78 Å². The highest BCUT2D eigenvalue weighted by atomic mass is 32.2. The maximum absolute atomic E-state index is 12.3. The standard InChI is InChI=1S/C26H38N2O4S2/c1-7-9-10-19(8-2)18-31-24(29)11-12-34-23-14-20(13-22(15-23)33-6)21-16-27-28(17-21)25(30)32-26(3,4)5/h13-17,19H,7-12,18H2,1-6H3. The minimum atomic E-state index is -0.583. The van der Waals surface area contributed by atoms with Crippen molar-refractivity contribution in [3.8, 4) is 11.1 Å². The second-order valence-electron chi connectivity index (χ2n) is 9.25. The Morgan fingerprint density at radius 1 is 1.12 bits per heavy atom. The Labute approximate surface area is 212 Å². The van der Waals surface area contributed by atoms with E-state index in [1.54, 1.807) is 35.9 Å². The van der Waals surface area contributed by atoms with Crippen molar-refractivity contribution in [1.29, 1.82) is 0 Å². The first-order chi connectivity index (χ1) is 16.1. The predicted molar refractivity (Wildman–Crippen MR) is 141 cm³/mol. The summed E-state index contributed by atoms with van der Waals surface area (Å²) in [6.07, 6.45) is 9.74. The highest BCUT2D eigenvalue weighted by Gasteiger charge is 2.19. The van der Waals surface area contributed by atoms with Gasteiger partial charge in [0.1, 0.15) is 5.60 Å². The first-order valence-corrected chi connectivity index (χ1v) is 14.1. The molecule has 0 radical (unpaired) electrons. The molecule has 6 nitrogen and oxygen atoms in total. The number of hydrogen-bond acceptors (Lipinski definition) is 7. The van der Waals surface area contributed by atoms with E-state index >= 15 is 0 Å². The Hall–Kier alpha value is -1.93. The summed E-state index contributed by atoms with van der Waals surface area (Å²) in [6, 6.07) is 6.24. The Balaban J connectivity index is 1.97. The van der Waals surface area contributed by atoms with Crippen LogP contribution >= 0.6 is 23.5 Å². The van der Waals surface area contributed by atoms with Gasteiger partial charge in [0.2, 0.25) is 0 Å². The summed E-state index contributed by atoms with van der Waals surface area (Å²) in [4.78, 5) is 26.7. The number of carbonyl (C=O) groups is 2. The van der Waals surface area contributed by atoms with E-state index in [-0.39, 0.29) is 5.97 Å². The summed E-state index contributed by atoms with van der Waals surface area (Å²) in [5, 5.41) is 4.17. The molecule has 0 saturated heterocycles. The number of carbonyl (C=O) groups excluding carboxylic acids is 2. The number of hydrogen-bond donors (Lipinski definition) is 0. The van der Waals surface area contributed by atoms with Crippen molar-refractivity contribution in [1.82, 2.24) is 9.78 Å². The summed E-state index contributed by atoms with van der Waals surface area (Å²) >= 11 is 3.28. The number of nitrogens with zero attached hydrogens (tertiary/aromatic N) is 2. The maximum atomic E-state index is 12.3. The molecule has 0 bridgehead atoms. The fourth-order valence-corrected chi connectivity index (χ4v) is 4.74. The molecule has 2 aromatic rings. The molecule has 1 unspecified atom stereocenters. The Morgan fingerprint density at radius 3 is 2.50 bits per heavy atom. The molecule has 1 aromatic heterocycles. The summed E-state index contributed by atoms with van der Waals surface area (Å²) in [5.74, 6) is 0.972. The van der Waals surface area contributed by atoms with Gasteiger partial charge in [-0.25, -0.2) is 4.79 Å². The van der Waals surface area contributed by atoms with Crippen LogP contribution in [0.2, 0.25) is 0 Å². The zero-order valence-electron chi connectivity index (χ0n) is 21.3. The Kier molecular flexibility index (Phi) is 11.5. The van der Waals surface area contributed by atoms with E-state index in [1.165, 1.54) is 17.5 Å². The lowest BCUT2D eigenvalue weighted by molar-refractivity contribution is -0.144. The van der Waals surface area contributed by atoms with E-state index in [1.807, 2.05) is 27.0 Å². The van der Waals surface area contributed by atoms with Gasteiger partial charge in [0.15, 0.2) is 0 Å². The molecule has 0 aliphatic rings. The molecule has 0 saturated carbocycles. The van der Waals surface area contributed by atoms with Crippen LogP contribution in [0.5, 0.6) is 0 Å². The van der Waals surface area contributed by atoms with Crippen LogP contribution in [0.15, 0.2) is 40.4 Å². The number of rotatable bonds is 12. The van der Waals surface area contributed by atoms with Crippen molar-refractivity contribution in [2.45, 2.75) is 82.1 Å². The SMILES string of the molecule is CCCCC(CC)COC(=O)CCSc1cc(SC)cc(-c2cnn(C(=O)OC(C)(C)C)c2)c1. The number of unbranched alkanes of at least 4 members (excludes halogenated alkanes) is 1. The van der Waals surface area contributed by atoms with Gasteiger partial charge in [-0.3, -0.25) is 4.79 Å². The van der Waals surface area contributed by atoms with Crippen LogP contribution in [0.25, 0.3) is 11.1 Å². The van der Waals surface area contributed by atoms with Crippen molar-refractivity contribution in [3.05, 3.63) is 30.6 Å². The monoisotopic (exact) mass is 506 g/mol. The van der Waals surface area contributed by atoms with Gasteiger partial charge in [-0.05, 0) is 63.1 Å². The molecule has 0 fully saturated rings. The predicted octanol–water partition coefficient (Wildman–Crippen LogP) is 7.30. The normalized spacial score (nSPS) is 12.4. The minimum Gasteiger partial charge on any atom is -0.465 e. The number of ether oxygens (including phenoxy) is 2. The number of benzene rings is 1. The van der Waals surface area contributed by atoms with Crippen molar-refractivity contribution < 1.29 is 19.1 Å². The van der Waals surface area contributed by atoms with E-state index < -0.39 is 11.7 Å². The van der Waals surface area contributed by atoms with Crippen LogP contribution in [0, 0.1) is 5.92 Å². The third-order valence-corrected chi connectivity index (χ3v) is 6.89. The second kappa shape index (κ2) is 13.8. The Morgan fingerprint density at radius 2 is 1.85 bits per heavy atom. The third kappa shape index (κ3) is 9.74. The van der Waals surface area contributed by atoms with Gasteiger partial charge in [0.05, 0.1) is 19.2 Å². The smallest absolute Gasteiger partial charge is 0.435 e. The molecule has 0 aliphatic heterocycles. The van der Waals surface area contributed by atoms with Crippen LogP contribution in [0.3, 0.4) is 0 Å². The average Bonchev–Trinajstić information content (AvgIpc) is 3.28. The minimum absolute atomic E-state index is 0.137. The van der Waals surface area contributed by atoms with Crippen LogP contribution in [-0.2, 0) is 14.3 Å². The van der Waals surface area contributed by atoms with Crippen molar-refractivity contribution in [2.24, 2.45) is 5.92 Å². The second-order valence-corrected chi connectivity index (χ2v) is 11.3. The van der Waals surface area contributed by atoms with Gasteiger partial charge in [0, 0.05) is 27.3 Å². The lowest BCUT2D eigenvalue weighted by Crippen LogP contribution is -2.27. The fraction of sp³-hybridized carbons (Fsp3) is 0.577. The highest BCUT2D eigenvalue weighted by molar-refractivity contribution is 7.99. The summed E-state index contributed by atoms with van der Waals surface area (Å²) in [6.45, 7) is 10.3. The lowest BCUT2D eigenvalue weighted by Gasteiger charge is -2.18. The van der Waals surface area contributed by atoms with Gasteiger partial charge >= 0.3 is 12.1 Å². The molecule has 1 heterocycles. The molecular weight excluding hydrogens is 468 g/mol. The molecule has 1 aromatic carbocycles. The molecular formula is C26H38N2O4S2. The first kappa shape index (κ1) is 28.3. The number of esters is 1. The van der Waals surface area contributed by atoms with Crippen molar-refractivity contribution in [2.75, 3.05) is 18.6 Å². The van der Waals surface area contributed by atoms with E-state index in [4.69, 9.17) is 9.47 Å². The quantitative estimate of drug-likeness (QED) is 0.221. The summed E-state index contributed by atoms with van der Waals surface area (Å²) in [5.41, 5.74) is 1.22. The largest absolute Gasteiger partial charge is 0.465 e. The highest BCUT2D eigenvalue weighted by Crippen LogP contribution is 2.31. The molecule has 188 valence electrons.